The molecule has 0 radical (unpaired) electrons. The van der Waals surface area contributed by atoms with Crippen molar-refractivity contribution >= 4 is 34.4 Å². The van der Waals surface area contributed by atoms with E-state index < -0.39 is 0 Å². The number of piperidine rings is 1. The fraction of sp³-hybridized carbons (Fsp3) is 0.444. The molecular weight excluding hydrogens is 328 g/mol. The molecule has 0 atom stereocenters. The van der Waals surface area contributed by atoms with Crippen molar-refractivity contribution in [3.63, 3.8) is 0 Å². The van der Waals surface area contributed by atoms with Gasteiger partial charge in [-0.15, -0.1) is 0 Å². The number of carbonyl (C=O) groups is 2. The Morgan fingerprint density at radius 2 is 1.92 bits per heavy atom. The van der Waals surface area contributed by atoms with Crippen LogP contribution in [0.2, 0.25) is 5.02 Å². The lowest BCUT2D eigenvalue weighted by molar-refractivity contribution is -0.134. The summed E-state index contributed by atoms with van der Waals surface area (Å²) >= 11 is 6.03. The molecule has 0 spiro atoms. The van der Waals surface area contributed by atoms with Crippen molar-refractivity contribution in [3.8, 4) is 0 Å². The molecule has 2 aromatic rings. The van der Waals surface area contributed by atoms with Crippen LogP contribution in [-0.4, -0.2) is 48.8 Å². The Hall–Kier alpha value is -2.01. The van der Waals surface area contributed by atoms with E-state index in [9.17, 15) is 9.59 Å². The number of benzene rings is 1. The van der Waals surface area contributed by atoms with E-state index in [-0.39, 0.29) is 17.7 Å². The molecular formula is C18H21ClN2O3. The standard InChI is InChI=1S/C18H21ClN2O3/c1-11-14-10-13(19)4-5-15(14)24-16(11)18(23)21-8-6-12(7-9-21)17(22)20(2)3/h4-5,10,12H,6-9H2,1-3H3. The van der Waals surface area contributed by atoms with Crippen molar-refractivity contribution in [2.45, 2.75) is 19.8 Å². The highest BCUT2D eigenvalue weighted by atomic mass is 35.5. The summed E-state index contributed by atoms with van der Waals surface area (Å²) in [7, 11) is 3.53. The zero-order chi connectivity index (χ0) is 17.4. The zero-order valence-electron chi connectivity index (χ0n) is 14.1. The van der Waals surface area contributed by atoms with Crippen molar-refractivity contribution in [2.75, 3.05) is 27.2 Å². The van der Waals surface area contributed by atoms with Crippen LogP contribution < -0.4 is 0 Å². The van der Waals surface area contributed by atoms with Gasteiger partial charge in [-0.3, -0.25) is 9.59 Å². The molecule has 128 valence electrons. The van der Waals surface area contributed by atoms with Gasteiger partial charge in [-0.2, -0.15) is 0 Å². The topological polar surface area (TPSA) is 53.8 Å². The largest absolute Gasteiger partial charge is 0.451 e. The Labute approximate surface area is 146 Å². The third-order valence-electron chi connectivity index (χ3n) is 4.66. The summed E-state index contributed by atoms with van der Waals surface area (Å²) in [5.41, 5.74) is 1.47. The van der Waals surface area contributed by atoms with Gasteiger partial charge in [0.1, 0.15) is 5.58 Å². The zero-order valence-corrected chi connectivity index (χ0v) is 14.9. The minimum absolute atomic E-state index is 0.000346. The van der Waals surface area contributed by atoms with Crippen LogP contribution >= 0.6 is 11.6 Å². The normalized spacial score (nSPS) is 15.8. The van der Waals surface area contributed by atoms with Crippen LogP contribution in [0.1, 0.15) is 29.0 Å². The van der Waals surface area contributed by atoms with Crippen molar-refractivity contribution in [1.82, 2.24) is 9.80 Å². The first kappa shape index (κ1) is 16.8. The molecule has 2 heterocycles. The quantitative estimate of drug-likeness (QED) is 0.836. The lowest BCUT2D eigenvalue weighted by atomic mass is 9.95. The molecule has 1 aliphatic rings. The van der Waals surface area contributed by atoms with Crippen LogP contribution in [0.3, 0.4) is 0 Å². The average Bonchev–Trinajstić information content (AvgIpc) is 2.90. The summed E-state index contributed by atoms with van der Waals surface area (Å²) in [6, 6.07) is 5.34. The molecule has 1 fully saturated rings. The Balaban J connectivity index is 1.76. The first-order chi connectivity index (χ1) is 11.4. The van der Waals surface area contributed by atoms with Crippen LogP contribution in [0, 0.1) is 12.8 Å². The predicted octanol–water partition coefficient (Wildman–Crippen LogP) is 3.34. The molecule has 0 aliphatic carbocycles. The van der Waals surface area contributed by atoms with E-state index in [2.05, 4.69) is 0 Å². The molecule has 1 aromatic carbocycles. The molecule has 2 amide bonds. The van der Waals surface area contributed by atoms with Gasteiger partial charge in [-0.1, -0.05) is 11.6 Å². The third-order valence-corrected chi connectivity index (χ3v) is 4.90. The summed E-state index contributed by atoms with van der Waals surface area (Å²) in [6.45, 7) is 3.01. The van der Waals surface area contributed by atoms with E-state index >= 15 is 0 Å². The van der Waals surface area contributed by atoms with E-state index in [0.29, 0.717) is 42.3 Å². The van der Waals surface area contributed by atoms with Crippen LogP contribution in [0.15, 0.2) is 22.6 Å². The van der Waals surface area contributed by atoms with E-state index in [1.807, 2.05) is 13.0 Å². The smallest absolute Gasteiger partial charge is 0.289 e. The predicted molar refractivity (Wildman–Crippen MR) is 93.3 cm³/mol. The van der Waals surface area contributed by atoms with Crippen molar-refractivity contribution in [2.24, 2.45) is 5.92 Å². The highest BCUT2D eigenvalue weighted by Crippen LogP contribution is 2.29. The summed E-state index contributed by atoms with van der Waals surface area (Å²) in [5.74, 6) is 0.386. The van der Waals surface area contributed by atoms with Crippen molar-refractivity contribution in [1.29, 1.82) is 0 Å². The van der Waals surface area contributed by atoms with Gasteiger partial charge in [0, 0.05) is 49.1 Å². The van der Waals surface area contributed by atoms with Gasteiger partial charge in [0.2, 0.25) is 5.91 Å². The van der Waals surface area contributed by atoms with Crippen LogP contribution in [0.25, 0.3) is 11.0 Å². The van der Waals surface area contributed by atoms with Gasteiger partial charge >= 0.3 is 0 Å². The minimum atomic E-state index is -0.115. The summed E-state index contributed by atoms with van der Waals surface area (Å²) in [6.07, 6.45) is 1.38. The number of amides is 2. The number of fused-ring (bicyclic) bond motifs is 1. The lowest BCUT2D eigenvalue weighted by Crippen LogP contribution is -2.42. The molecule has 1 aliphatic heterocycles. The second-order valence-electron chi connectivity index (χ2n) is 6.50. The first-order valence-electron chi connectivity index (χ1n) is 8.07. The van der Waals surface area contributed by atoms with Crippen LogP contribution in [0.5, 0.6) is 0 Å². The number of aryl methyl sites for hydroxylation is 1. The molecule has 5 nitrogen and oxygen atoms in total. The van der Waals surface area contributed by atoms with E-state index in [4.69, 9.17) is 16.0 Å². The number of halogens is 1. The maximum atomic E-state index is 12.8. The number of hydrogen-bond donors (Lipinski definition) is 0. The molecule has 1 saturated heterocycles. The second kappa shape index (κ2) is 6.48. The first-order valence-corrected chi connectivity index (χ1v) is 8.45. The lowest BCUT2D eigenvalue weighted by Gasteiger charge is -2.32. The van der Waals surface area contributed by atoms with E-state index in [1.165, 1.54) is 0 Å². The van der Waals surface area contributed by atoms with Crippen LogP contribution in [-0.2, 0) is 4.79 Å². The summed E-state index contributed by atoms with van der Waals surface area (Å²) in [5, 5.41) is 1.48. The number of furan rings is 1. The molecule has 3 rings (SSSR count). The van der Waals surface area contributed by atoms with Gasteiger partial charge < -0.3 is 14.2 Å². The van der Waals surface area contributed by atoms with Gasteiger partial charge in [0.25, 0.3) is 5.91 Å². The van der Waals surface area contributed by atoms with E-state index in [0.717, 1.165) is 10.9 Å². The molecule has 0 N–H and O–H groups in total. The van der Waals surface area contributed by atoms with Crippen molar-refractivity contribution < 1.29 is 14.0 Å². The Kier molecular flexibility index (Phi) is 4.54. The maximum Gasteiger partial charge on any atom is 0.289 e. The van der Waals surface area contributed by atoms with E-state index in [1.54, 1.807) is 36.0 Å². The van der Waals surface area contributed by atoms with Gasteiger partial charge in [-0.25, -0.2) is 0 Å². The van der Waals surface area contributed by atoms with Gasteiger partial charge in [0.15, 0.2) is 5.76 Å². The van der Waals surface area contributed by atoms with Crippen molar-refractivity contribution in [3.05, 3.63) is 34.5 Å². The Morgan fingerprint density at radius 1 is 1.25 bits per heavy atom. The molecule has 1 aromatic heterocycles. The Morgan fingerprint density at radius 3 is 2.54 bits per heavy atom. The number of carbonyl (C=O) groups excluding carboxylic acids is 2. The number of hydrogen-bond acceptors (Lipinski definition) is 3. The Bertz CT molecular complexity index is 789. The fourth-order valence-corrected chi connectivity index (χ4v) is 3.41. The maximum absolute atomic E-state index is 12.8. The minimum Gasteiger partial charge on any atom is -0.451 e. The summed E-state index contributed by atoms with van der Waals surface area (Å²) in [4.78, 5) is 28.2. The molecule has 6 heteroatoms. The number of likely N-dealkylation sites (tertiary alicyclic amines) is 1. The highest BCUT2D eigenvalue weighted by molar-refractivity contribution is 6.31. The van der Waals surface area contributed by atoms with Crippen LogP contribution in [0.4, 0.5) is 0 Å². The summed E-state index contributed by atoms with van der Waals surface area (Å²) < 4.78 is 5.76. The number of nitrogens with zero attached hydrogens (tertiary/aromatic N) is 2. The average molecular weight is 349 g/mol. The van der Waals surface area contributed by atoms with Gasteiger partial charge in [0.05, 0.1) is 0 Å². The SMILES string of the molecule is Cc1c(C(=O)N2CCC(C(=O)N(C)C)CC2)oc2ccc(Cl)cc12. The highest BCUT2D eigenvalue weighted by Gasteiger charge is 2.30. The fourth-order valence-electron chi connectivity index (χ4n) is 3.24. The monoisotopic (exact) mass is 348 g/mol. The second-order valence-corrected chi connectivity index (χ2v) is 6.93. The van der Waals surface area contributed by atoms with Gasteiger partial charge in [-0.05, 0) is 38.0 Å². The molecule has 24 heavy (non-hydrogen) atoms. The number of rotatable bonds is 2. The molecule has 0 saturated carbocycles. The molecule has 0 bridgehead atoms. The molecule has 0 unspecified atom stereocenters. The third kappa shape index (κ3) is 3.00.